The smallest absolute Gasteiger partial charge is 0.290 e. The Morgan fingerprint density at radius 1 is 1.26 bits per heavy atom. The van der Waals surface area contributed by atoms with Crippen LogP contribution < -0.4 is 15.4 Å². The highest BCUT2D eigenvalue weighted by Crippen LogP contribution is 2.47. The number of aliphatic hydroxyl groups is 1. The van der Waals surface area contributed by atoms with Gasteiger partial charge in [0.25, 0.3) is 17.7 Å². The van der Waals surface area contributed by atoms with Crippen molar-refractivity contribution in [1.82, 2.24) is 15.8 Å². The zero-order valence-electron chi connectivity index (χ0n) is 16.4. The molecular weight excluding hydrogens is 433 g/mol. The maximum Gasteiger partial charge on any atom is 0.290 e. The zero-order valence-corrected chi connectivity index (χ0v) is 17.1. The molecule has 0 radical (unpaired) electrons. The van der Waals surface area contributed by atoms with Crippen molar-refractivity contribution in [2.45, 2.75) is 49.3 Å². The maximum atomic E-state index is 13.5. The molecule has 1 aromatic carbocycles. The van der Waals surface area contributed by atoms with Gasteiger partial charge in [-0.05, 0) is 49.4 Å². The van der Waals surface area contributed by atoms with Crippen molar-refractivity contribution in [3.8, 4) is 11.6 Å². The molecular formula is C20H21ClFN3O6. The number of benzene rings is 1. The molecule has 1 aromatic heterocycles. The van der Waals surface area contributed by atoms with Crippen LogP contribution in [0.2, 0.25) is 5.02 Å². The summed E-state index contributed by atoms with van der Waals surface area (Å²) in [5.41, 5.74) is -1.45. The fourth-order valence-electron chi connectivity index (χ4n) is 4.37. The van der Waals surface area contributed by atoms with Gasteiger partial charge in [-0.1, -0.05) is 11.6 Å². The minimum atomic E-state index is -0.879. The SMILES string of the molecule is O=C(COc1ccc(Cl)c(F)c1)NC12CCC(NC(=O)c3cc(O)no3)(CC1)CC2O. The van der Waals surface area contributed by atoms with Gasteiger partial charge in [-0.15, -0.1) is 0 Å². The van der Waals surface area contributed by atoms with Gasteiger partial charge in [0.2, 0.25) is 5.76 Å². The van der Waals surface area contributed by atoms with Crippen molar-refractivity contribution in [3.05, 3.63) is 40.9 Å². The van der Waals surface area contributed by atoms with E-state index in [-0.39, 0.29) is 35.4 Å². The number of halogens is 2. The van der Waals surface area contributed by atoms with Crippen LogP contribution in [-0.4, -0.2) is 51.0 Å². The summed E-state index contributed by atoms with van der Waals surface area (Å²) in [6, 6.07) is 5.00. The number of carbonyl (C=O) groups is 2. The van der Waals surface area contributed by atoms with Gasteiger partial charge in [-0.2, -0.15) is 0 Å². The van der Waals surface area contributed by atoms with Crippen LogP contribution in [-0.2, 0) is 4.79 Å². The third-order valence-corrected chi connectivity index (χ3v) is 6.38. The number of hydrogen-bond donors (Lipinski definition) is 4. The molecule has 11 heteroatoms. The highest BCUT2D eigenvalue weighted by atomic mass is 35.5. The lowest BCUT2D eigenvalue weighted by molar-refractivity contribution is -0.132. The van der Waals surface area contributed by atoms with E-state index in [2.05, 4.69) is 15.8 Å². The van der Waals surface area contributed by atoms with Crippen molar-refractivity contribution >= 4 is 23.4 Å². The Hall–Kier alpha value is -2.85. The molecule has 2 aromatic rings. The Morgan fingerprint density at radius 2 is 2.00 bits per heavy atom. The molecule has 166 valence electrons. The number of aliphatic hydroxyl groups excluding tert-OH is 1. The Balaban J connectivity index is 1.34. The number of aromatic hydroxyl groups is 1. The quantitative estimate of drug-likeness (QED) is 0.525. The lowest BCUT2D eigenvalue weighted by atomic mass is 9.60. The molecule has 3 aliphatic carbocycles. The van der Waals surface area contributed by atoms with E-state index < -0.39 is 34.8 Å². The fraction of sp³-hybridized carbons (Fsp3) is 0.450. The molecule has 0 saturated heterocycles. The Labute approximate surface area is 181 Å². The summed E-state index contributed by atoms with van der Waals surface area (Å²) in [7, 11) is 0. The molecule has 0 spiro atoms. The summed E-state index contributed by atoms with van der Waals surface area (Å²) in [6.45, 7) is -0.341. The molecule has 1 heterocycles. The van der Waals surface area contributed by atoms with E-state index in [4.69, 9.17) is 20.9 Å². The number of nitrogens with one attached hydrogen (secondary N) is 2. The van der Waals surface area contributed by atoms with Crippen molar-refractivity contribution in [2.24, 2.45) is 0 Å². The molecule has 1 atom stereocenters. The fourth-order valence-corrected chi connectivity index (χ4v) is 4.48. The van der Waals surface area contributed by atoms with Gasteiger partial charge in [0.15, 0.2) is 6.61 Å². The number of nitrogens with zero attached hydrogens (tertiary/aromatic N) is 1. The number of fused-ring (bicyclic) bond motifs is 3. The van der Waals surface area contributed by atoms with E-state index in [0.717, 1.165) is 12.1 Å². The molecule has 2 amide bonds. The first-order valence-electron chi connectivity index (χ1n) is 9.75. The molecule has 31 heavy (non-hydrogen) atoms. The Bertz CT molecular complexity index is 1000. The van der Waals surface area contributed by atoms with Crippen LogP contribution in [0, 0.1) is 5.82 Å². The largest absolute Gasteiger partial charge is 0.491 e. The van der Waals surface area contributed by atoms with E-state index in [1.165, 1.54) is 12.1 Å². The minimum absolute atomic E-state index is 0.0427. The normalized spacial score (nSPS) is 27.0. The van der Waals surface area contributed by atoms with Crippen molar-refractivity contribution in [1.29, 1.82) is 0 Å². The average Bonchev–Trinajstić information content (AvgIpc) is 3.17. The van der Waals surface area contributed by atoms with Gasteiger partial charge in [-0.25, -0.2) is 4.39 Å². The number of ether oxygens (including phenoxy) is 1. The number of hydrogen-bond acceptors (Lipinski definition) is 7. The minimum Gasteiger partial charge on any atom is -0.491 e. The molecule has 2 bridgehead atoms. The molecule has 4 N–H and O–H groups in total. The first-order chi connectivity index (χ1) is 14.7. The summed E-state index contributed by atoms with van der Waals surface area (Å²) < 4.78 is 23.6. The van der Waals surface area contributed by atoms with Gasteiger partial charge in [0, 0.05) is 11.6 Å². The van der Waals surface area contributed by atoms with Gasteiger partial charge in [-0.3, -0.25) is 9.59 Å². The number of aromatic nitrogens is 1. The topological polar surface area (TPSA) is 134 Å². The second-order valence-corrected chi connectivity index (χ2v) is 8.48. The first kappa shape index (κ1) is 21.4. The van der Waals surface area contributed by atoms with Crippen LogP contribution in [0.25, 0.3) is 0 Å². The van der Waals surface area contributed by atoms with Crippen molar-refractivity contribution in [3.63, 3.8) is 0 Å². The molecule has 1 unspecified atom stereocenters. The predicted octanol–water partition coefficient (Wildman–Crippen LogP) is 1.91. The summed E-state index contributed by atoms with van der Waals surface area (Å²) in [5.74, 6) is -1.95. The summed E-state index contributed by atoms with van der Waals surface area (Å²) >= 11 is 5.63. The van der Waals surface area contributed by atoms with Crippen LogP contribution in [0.4, 0.5) is 4.39 Å². The first-order valence-corrected chi connectivity index (χ1v) is 10.1. The second kappa shape index (κ2) is 8.01. The average molecular weight is 454 g/mol. The maximum absolute atomic E-state index is 13.5. The van der Waals surface area contributed by atoms with Crippen LogP contribution in [0.3, 0.4) is 0 Å². The monoisotopic (exact) mass is 453 g/mol. The van der Waals surface area contributed by atoms with E-state index in [1.807, 2.05) is 0 Å². The van der Waals surface area contributed by atoms with Crippen LogP contribution in [0.5, 0.6) is 11.6 Å². The van der Waals surface area contributed by atoms with Gasteiger partial charge in [0.1, 0.15) is 11.6 Å². The molecule has 5 rings (SSSR count). The van der Waals surface area contributed by atoms with Crippen LogP contribution in [0.15, 0.2) is 28.8 Å². The van der Waals surface area contributed by atoms with Gasteiger partial charge >= 0.3 is 0 Å². The zero-order chi connectivity index (χ0) is 22.2. The van der Waals surface area contributed by atoms with Crippen molar-refractivity contribution < 1.29 is 33.5 Å². The summed E-state index contributed by atoms with van der Waals surface area (Å²) in [4.78, 5) is 24.8. The molecule has 0 aliphatic heterocycles. The van der Waals surface area contributed by atoms with Crippen LogP contribution >= 0.6 is 11.6 Å². The van der Waals surface area contributed by atoms with E-state index in [0.29, 0.717) is 25.7 Å². The number of carbonyl (C=O) groups excluding carboxylic acids is 2. The predicted molar refractivity (Wildman–Crippen MR) is 105 cm³/mol. The van der Waals surface area contributed by atoms with Gasteiger partial charge in [0.05, 0.1) is 22.7 Å². The highest BCUT2D eigenvalue weighted by Gasteiger charge is 2.55. The molecule has 3 saturated carbocycles. The highest BCUT2D eigenvalue weighted by molar-refractivity contribution is 6.30. The Kier molecular flexibility index (Phi) is 5.52. The third-order valence-electron chi connectivity index (χ3n) is 6.07. The lowest BCUT2D eigenvalue weighted by Crippen LogP contribution is -2.70. The van der Waals surface area contributed by atoms with Crippen LogP contribution in [0.1, 0.15) is 42.7 Å². The van der Waals surface area contributed by atoms with Crippen molar-refractivity contribution in [2.75, 3.05) is 6.61 Å². The lowest BCUT2D eigenvalue weighted by Gasteiger charge is -2.56. The third kappa shape index (κ3) is 4.31. The standard InChI is InChI=1S/C20H21ClFN3O6/c21-12-2-1-11(7-13(12)22)30-10-17(28)23-20-5-3-19(4-6-20,9-15(20)26)24-18(29)14-8-16(27)25-31-14/h1-2,7-8,15,26H,3-6,9-10H2,(H,23,28)(H,24,29)(H,25,27). The van der Waals surface area contributed by atoms with E-state index in [1.54, 1.807) is 0 Å². The summed E-state index contributed by atoms with van der Waals surface area (Å²) in [5, 5.41) is 29.0. The number of amides is 2. The van der Waals surface area contributed by atoms with Gasteiger partial charge < -0.3 is 30.1 Å². The second-order valence-electron chi connectivity index (χ2n) is 8.07. The molecule has 3 aliphatic rings. The number of rotatable bonds is 6. The summed E-state index contributed by atoms with van der Waals surface area (Å²) in [6.07, 6.45) is 1.37. The van der Waals surface area contributed by atoms with E-state index >= 15 is 0 Å². The van der Waals surface area contributed by atoms with E-state index in [9.17, 15) is 24.2 Å². The molecule has 3 fully saturated rings. The Morgan fingerprint density at radius 3 is 2.61 bits per heavy atom. The molecule has 9 nitrogen and oxygen atoms in total.